The molecule has 0 aliphatic carbocycles. The number of halogens is 2. The summed E-state index contributed by atoms with van der Waals surface area (Å²) in [5.41, 5.74) is 4.10. The van der Waals surface area contributed by atoms with Crippen LogP contribution in [-0.4, -0.2) is 56.9 Å². The summed E-state index contributed by atoms with van der Waals surface area (Å²) in [5.74, 6) is 1.68. The maximum absolute atomic E-state index is 5.07. The molecule has 0 bridgehead atoms. The number of anilines is 2. The fourth-order valence-corrected chi connectivity index (χ4v) is 4.18. The molecule has 1 atom stereocenters. The third-order valence-corrected chi connectivity index (χ3v) is 5.87. The van der Waals surface area contributed by atoms with Gasteiger partial charge in [-0.3, -0.25) is 0 Å². The van der Waals surface area contributed by atoms with E-state index >= 15 is 0 Å². The second kappa shape index (κ2) is 12.2. The summed E-state index contributed by atoms with van der Waals surface area (Å²) in [4.78, 5) is 9.21. The number of hydrogen-bond donors (Lipinski definition) is 2. The summed E-state index contributed by atoms with van der Waals surface area (Å²) in [6, 6.07) is 19.4. The molecule has 3 heterocycles. The summed E-state index contributed by atoms with van der Waals surface area (Å²) in [5, 5.41) is 16.7. The molecule has 2 aliphatic heterocycles. The molecular formula is C24H33Cl2N7O. The molecule has 1 aromatic heterocycles. The smallest absolute Gasteiger partial charge is 0.184 e. The van der Waals surface area contributed by atoms with Gasteiger partial charge in [-0.05, 0) is 44.4 Å². The van der Waals surface area contributed by atoms with E-state index < -0.39 is 0 Å². The molecular weight excluding hydrogens is 473 g/mol. The normalized spacial score (nSPS) is 16.5. The number of aliphatic imine (C=N–C) groups is 1. The maximum Gasteiger partial charge on any atom is 0.184 e. The highest BCUT2D eigenvalue weighted by Crippen LogP contribution is 2.33. The second-order valence-corrected chi connectivity index (χ2v) is 8.51. The first-order valence-electron chi connectivity index (χ1n) is 11.1. The number of nitrogens with zero attached hydrogens (tertiary/aromatic N) is 5. The van der Waals surface area contributed by atoms with Crippen LogP contribution in [0.5, 0.6) is 0 Å². The lowest BCUT2D eigenvalue weighted by Gasteiger charge is -2.35. The van der Waals surface area contributed by atoms with Crippen LogP contribution in [0.2, 0.25) is 0 Å². The van der Waals surface area contributed by atoms with E-state index in [1.165, 1.54) is 5.56 Å². The Morgan fingerprint density at radius 3 is 2.50 bits per heavy atom. The minimum absolute atomic E-state index is 0. The van der Waals surface area contributed by atoms with Crippen LogP contribution in [0.4, 0.5) is 17.2 Å². The summed E-state index contributed by atoms with van der Waals surface area (Å²) >= 11 is 0. The van der Waals surface area contributed by atoms with Crippen LogP contribution in [0.25, 0.3) is 0 Å². The van der Waals surface area contributed by atoms with Gasteiger partial charge in [-0.2, -0.15) is 4.80 Å². The van der Waals surface area contributed by atoms with Gasteiger partial charge in [0, 0.05) is 25.7 Å². The molecule has 3 aromatic rings. The predicted molar refractivity (Wildman–Crippen MR) is 143 cm³/mol. The largest absolute Gasteiger partial charge is 0.412 e. The van der Waals surface area contributed by atoms with E-state index in [2.05, 4.69) is 59.7 Å². The van der Waals surface area contributed by atoms with Crippen molar-refractivity contribution in [2.45, 2.75) is 38.8 Å². The van der Waals surface area contributed by atoms with E-state index in [0.717, 1.165) is 61.2 Å². The Morgan fingerprint density at radius 1 is 1.00 bits per heavy atom. The van der Waals surface area contributed by atoms with Crippen molar-refractivity contribution in [3.05, 3.63) is 65.9 Å². The van der Waals surface area contributed by atoms with Crippen LogP contribution in [0.1, 0.15) is 37.6 Å². The van der Waals surface area contributed by atoms with Crippen LogP contribution in [0.15, 0.2) is 59.6 Å². The number of nitrogens with one attached hydrogen (secondary N) is 2. The molecule has 5 rings (SSSR count). The highest BCUT2D eigenvalue weighted by Gasteiger charge is 2.29. The number of fused-ring (bicyclic) bond motifs is 2. The summed E-state index contributed by atoms with van der Waals surface area (Å²) < 4.78 is 0. The number of rotatable bonds is 4. The Morgan fingerprint density at radius 2 is 1.74 bits per heavy atom. The van der Waals surface area contributed by atoms with E-state index in [0.29, 0.717) is 6.04 Å². The van der Waals surface area contributed by atoms with Crippen molar-refractivity contribution >= 4 is 47.8 Å². The van der Waals surface area contributed by atoms with Crippen LogP contribution < -0.4 is 10.6 Å². The molecule has 4 N–H and O–H groups in total. The molecule has 1 saturated heterocycles. The highest BCUT2D eigenvalue weighted by molar-refractivity contribution is 6.05. The third kappa shape index (κ3) is 5.88. The molecule has 0 radical (unpaired) electrons. The molecule has 8 nitrogen and oxygen atoms in total. The fraction of sp³-hybridized carbons (Fsp3) is 0.375. The molecule has 0 saturated carbocycles. The number of benzene rings is 2. The number of aromatic nitrogens is 3. The average Bonchev–Trinajstić information content (AvgIpc) is 3.15. The molecule has 34 heavy (non-hydrogen) atoms. The van der Waals surface area contributed by atoms with Crippen molar-refractivity contribution in [1.29, 1.82) is 0 Å². The first kappa shape index (κ1) is 27.6. The van der Waals surface area contributed by atoms with Crippen molar-refractivity contribution in [2.24, 2.45) is 4.99 Å². The minimum Gasteiger partial charge on any atom is -0.412 e. The highest BCUT2D eigenvalue weighted by atomic mass is 35.5. The molecule has 2 aliphatic rings. The molecule has 0 spiro atoms. The SMILES string of the molecule is CC(C)n1nc2c(n1)C(N1CCNC(CCc3ccccc3)C1)=Nc1ccccc1N2.Cl.Cl.O. The van der Waals surface area contributed by atoms with Crippen LogP contribution >= 0.6 is 24.8 Å². The lowest BCUT2D eigenvalue weighted by atomic mass is 10.0. The van der Waals surface area contributed by atoms with Gasteiger partial charge < -0.3 is 21.0 Å². The zero-order valence-corrected chi connectivity index (χ0v) is 21.1. The summed E-state index contributed by atoms with van der Waals surface area (Å²) in [7, 11) is 0. The average molecular weight is 506 g/mol. The van der Waals surface area contributed by atoms with Crippen LogP contribution in [0.3, 0.4) is 0 Å². The van der Waals surface area contributed by atoms with Gasteiger partial charge in [0.2, 0.25) is 0 Å². The van der Waals surface area contributed by atoms with E-state index in [4.69, 9.17) is 15.2 Å². The lowest BCUT2D eigenvalue weighted by Crippen LogP contribution is -2.53. The van der Waals surface area contributed by atoms with Crippen molar-refractivity contribution in [2.75, 3.05) is 25.0 Å². The first-order chi connectivity index (χ1) is 15.2. The predicted octanol–water partition coefficient (Wildman–Crippen LogP) is 3.92. The Bertz CT molecular complexity index is 1090. The monoisotopic (exact) mass is 505 g/mol. The van der Waals surface area contributed by atoms with Crippen molar-refractivity contribution < 1.29 is 5.48 Å². The Balaban J connectivity index is 0.00000136. The molecule has 184 valence electrons. The second-order valence-electron chi connectivity index (χ2n) is 8.51. The quantitative estimate of drug-likeness (QED) is 0.559. The number of hydrogen-bond acceptors (Lipinski definition) is 6. The van der Waals surface area contributed by atoms with Gasteiger partial charge >= 0.3 is 0 Å². The van der Waals surface area contributed by atoms with Crippen molar-refractivity contribution in [3.63, 3.8) is 0 Å². The Hall–Kier alpha value is -2.65. The van der Waals surface area contributed by atoms with Gasteiger partial charge in [-0.25, -0.2) is 4.99 Å². The molecule has 1 unspecified atom stereocenters. The fourth-order valence-electron chi connectivity index (χ4n) is 4.18. The van der Waals surface area contributed by atoms with Gasteiger partial charge in [0.1, 0.15) is 0 Å². The number of piperazine rings is 1. The Kier molecular flexibility index (Phi) is 9.88. The zero-order chi connectivity index (χ0) is 21.2. The van der Waals surface area contributed by atoms with Crippen LogP contribution in [-0.2, 0) is 6.42 Å². The minimum atomic E-state index is 0. The van der Waals surface area contributed by atoms with E-state index in [1.807, 2.05) is 24.3 Å². The third-order valence-electron chi connectivity index (χ3n) is 5.87. The van der Waals surface area contributed by atoms with Gasteiger partial charge in [0.15, 0.2) is 17.3 Å². The summed E-state index contributed by atoms with van der Waals surface area (Å²) in [6.45, 7) is 6.92. The molecule has 2 aromatic carbocycles. The zero-order valence-electron chi connectivity index (χ0n) is 19.4. The van der Waals surface area contributed by atoms with Crippen molar-refractivity contribution in [1.82, 2.24) is 25.2 Å². The lowest BCUT2D eigenvalue weighted by molar-refractivity contribution is 0.281. The summed E-state index contributed by atoms with van der Waals surface area (Å²) in [6.07, 6.45) is 2.16. The van der Waals surface area contributed by atoms with Crippen molar-refractivity contribution in [3.8, 4) is 0 Å². The molecule has 1 fully saturated rings. The van der Waals surface area contributed by atoms with E-state index in [9.17, 15) is 0 Å². The Labute approximate surface area is 213 Å². The molecule has 0 amide bonds. The van der Waals surface area contributed by atoms with Gasteiger partial charge in [0.25, 0.3) is 0 Å². The maximum atomic E-state index is 5.07. The topological polar surface area (TPSA) is 102 Å². The van der Waals surface area contributed by atoms with Crippen LogP contribution in [0, 0.1) is 0 Å². The first-order valence-corrected chi connectivity index (χ1v) is 11.1. The van der Waals surface area contributed by atoms with E-state index in [1.54, 1.807) is 4.80 Å². The molecule has 10 heteroatoms. The standard InChI is InChI=1S/C24H29N7.2ClH.H2O/c1-17(2)31-28-22-23(29-31)26-20-10-6-7-11-21(20)27-24(22)30-15-14-25-19(16-30)13-12-18-8-4-3-5-9-18;;;/h3-11,17,19,25H,12-16H2,1-2H3,(H,26,29);2*1H;1H2. The van der Waals surface area contributed by atoms with Gasteiger partial charge in [0.05, 0.1) is 17.4 Å². The van der Waals surface area contributed by atoms with E-state index in [-0.39, 0.29) is 36.3 Å². The number of para-hydroxylation sites is 2. The van der Waals surface area contributed by atoms with Gasteiger partial charge in [-0.15, -0.1) is 35.0 Å². The number of aryl methyl sites for hydroxylation is 1. The number of amidine groups is 1. The van der Waals surface area contributed by atoms with Gasteiger partial charge in [-0.1, -0.05) is 42.5 Å².